The molecule has 2 rings (SSSR count). The van der Waals surface area contributed by atoms with E-state index in [1.54, 1.807) is 30.3 Å². The van der Waals surface area contributed by atoms with Crippen molar-refractivity contribution in [3.63, 3.8) is 0 Å². The van der Waals surface area contributed by atoms with Crippen molar-refractivity contribution in [3.05, 3.63) is 48.3 Å². The van der Waals surface area contributed by atoms with Crippen LogP contribution in [-0.4, -0.2) is 19.6 Å². The molecule has 0 aliphatic carbocycles. The van der Waals surface area contributed by atoms with Gasteiger partial charge in [0.25, 0.3) is 5.91 Å². The average Bonchev–Trinajstić information content (AvgIpc) is 2.48. The van der Waals surface area contributed by atoms with Gasteiger partial charge in [0, 0.05) is 6.07 Å². The number of para-hydroxylation sites is 1. The van der Waals surface area contributed by atoms with Crippen LogP contribution in [-0.2, 0) is 4.79 Å². The third-order valence-electron chi connectivity index (χ3n) is 2.72. The molecule has 0 saturated heterocycles. The second kappa shape index (κ2) is 6.60. The Kier molecular flexibility index (Phi) is 4.61. The largest absolute Gasteiger partial charge is 0.495 e. The first-order chi connectivity index (χ1) is 10.1. The zero-order chi connectivity index (χ0) is 15.2. The number of hydrogen-bond donors (Lipinski definition) is 2. The lowest BCUT2D eigenvalue weighted by Crippen LogP contribution is -2.20. The molecule has 0 saturated carbocycles. The highest BCUT2D eigenvalue weighted by Gasteiger charge is 2.08. The van der Waals surface area contributed by atoms with Gasteiger partial charge in [-0.2, -0.15) is 0 Å². The number of nitrogen functional groups attached to an aromatic ring is 1. The average molecular weight is 290 g/mol. The molecule has 2 aromatic rings. The van der Waals surface area contributed by atoms with Crippen LogP contribution >= 0.6 is 0 Å². The quantitative estimate of drug-likeness (QED) is 0.829. The number of ether oxygens (including phenoxy) is 2. The topological polar surface area (TPSA) is 73.6 Å². The highest BCUT2D eigenvalue weighted by Crippen LogP contribution is 2.25. The van der Waals surface area contributed by atoms with E-state index >= 15 is 0 Å². The summed E-state index contributed by atoms with van der Waals surface area (Å²) in [5.74, 6) is -0.0100. The predicted octanol–water partition coefficient (Wildman–Crippen LogP) is 2.43. The third-order valence-corrected chi connectivity index (χ3v) is 2.72. The molecular formula is C15H15FN2O3. The van der Waals surface area contributed by atoms with Crippen LogP contribution in [0.2, 0.25) is 0 Å². The lowest BCUT2D eigenvalue weighted by atomic mass is 10.3. The number of rotatable bonds is 5. The van der Waals surface area contributed by atoms with Gasteiger partial charge in [0.05, 0.1) is 18.5 Å². The molecule has 0 aliphatic rings. The van der Waals surface area contributed by atoms with Crippen LogP contribution in [0, 0.1) is 5.82 Å². The fourth-order valence-corrected chi connectivity index (χ4v) is 1.70. The fraction of sp³-hybridized carbons (Fsp3) is 0.133. The molecule has 0 bridgehead atoms. The summed E-state index contributed by atoms with van der Waals surface area (Å²) < 4.78 is 23.7. The summed E-state index contributed by atoms with van der Waals surface area (Å²) in [7, 11) is 1.51. The van der Waals surface area contributed by atoms with Crippen LogP contribution in [0.15, 0.2) is 42.5 Å². The number of carbonyl (C=O) groups excluding carboxylic acids is 1. The number of benzene rings is 2. The van der Waals surface area contributed by atoms with Crippen molar-refractivity contribution in [2.75, 3.05) is 24.8 Å². The van der Waals surface area contributed by atoms with E-state index in [0.29, 0.717) is 17.2 Å². The van der Waals surface area contributed by atoms with Gasteiger partial charge in [-0.3, -0.25) is 4.79 Å². The van der Waals surface area contributed by atoms with E-state index in [0.717, 1.165) is 0 Å². The van der Waals surface area contributed by atoms with E-state index in [1.807, 2.05) is 0 Å². The highest BCUT2D eigenvalue weighted by atomic mass is 19.1. The van der Waals surface area contributed by atoms with Gasteiger partial charge < -0.3 is 20.5 Å². The van der Waals surface area contributed by atoms with E-state index in [9.17, 15) is 9.18 Å². The second-order valence-electron chi connectivity index (χ2n) is 4.22. The standard InChI is InChI=1S/C15H15FN2O3/c1-20-14-7-6-10(8-12(14)17)21-9-15(19)18-13-5-3-2-4-11(13)16/h2-8H,9,17H2,1H3,(H,18,19). The van der Waals surface area contributed by atoms with Crippen molar-refractivity contribution in [1.29, 1.82) is 0 Å². The zero-order valence-electron chi connectivity index (χ0n) is 11.4. The van der Waals surface area contributed by atoms with Gasteiger partial charge in [0.2, 0.25) is 0 Å². The number of carbonyl (C=O) groups is 1. The van der Waals surface area contributed by atoms with E-state index in [-0.39, 0.29) is 12.3 Å². The Hall–Kier alpha value is -2.76. The summed E-state index contributed by atoms with van der Waals surface area (Å²) in [4.78, 5) is 11.7. The predicted molar refractivity (Wildman–Crippen MR) is 77.9 cm³/mol. The summed E-state index contributed by atoms with van der Waals surface area (Å²) in [6, 6.07) is 10.7. The Morgan fingerprint density at radius 1 is 1.29 bits per heavy atom. The summed E-state index contributed by atoms with van der Waals surface area (Å²) in [6.07, 6.45) is 0. The maximum Gasteiger partial charge on any atom is 0.262 e. The van der Waals surface area contributed by atoms with Crippen molar-refractivity contribution in [2.45, 2.75) is 0 Å². The Balaban J connectivity index is 1.92. The molecule has 0 atom stereocenters. The first-order valence-corrected chi connectivity index (χ1v) is 6.21. The lowest BCUT2D eigenvalue weighted by molar-refractivity contribution is -0.118. The molecule has 0 aliphatic heterocycles. The molecule has 0 spiro atoms. The smallest absolute Gasteiger partial charge is 0.262 e. The normalized spacial score (nSPS) is 10.0. The van der Waals surface area contributed by atoms with Gasteiger partial charge in [-0.05, 0) is 24.3 Å². The Morgan fingerprint density at radius 3 is 2.71 bits per heavy atom. The molecule has 0 aromatic heterocycles. The molecule has 3 N–H and O–H groups in total. The third kappa shape index (κ3) is 3.85. The molecule has 0 heterocycles. The Bertz CT molecular complexity index is 647. The van der Waals surface area contributed by atoms with Crippen molar-refractivity contribution in [3.8, 4) is 11.5 Å². The van der Waals surface area contributed by atoms with Gasteiger partial charge in [0.15, 0.2) is 6.61 Å². The molecule has 110 valence electrons. The van der Waals surface area contributed by atoms with Crippen LogP contribution in [0.5, 0.6) is 11.5 Å². The van der Waals surface area contributed by atoms with Crippen LogP contribution in [0.3, 0.4) is 0 Å². The van der Waals surface area contributed by atoms with Crippen molar-refractivity contribution in [1.82, 2.24) is 0 Å². The first-order valence-electron chi connectivity index (χ1n) is 6.21. The maximum absolute atomic E-state index is 13.4. The minimum atomic E-state index is -0.500. The number of halogens is 1. The molecule has 0 fully saturated rings. The van der Waals surface area contributed by atoms with Crippen molar-refractivity contribution >= 4 is 17.3 Å². The molecule has 5 nitrogen and oxygen atoms in total. The Labute approximate surface area is 121 Å². The zero-order valence-corrected chi connectivity index (χ0v) is 11.4. The summed E-state index contributed by atoms with van der Waals surface area (Å²) in [5.41, 5.74) is 6.24. The van der Waals surface area contributed by atoms with E-state index < -0.39 is 11.7 Å². The number of anilines is 2. The fourth-order valence-electron chi connectivity index (χ4n) is 1.70. The molecule has 0 unspecified atom stereocenters. The summed E-state index contributed by atoms with van der Waals surface area (Å²) >= 11 is 0. The highest BCUT2D eigenvalue weighted by molar-refractivity contribution is 5.92. The van der Waals surface area contributed by atoms with Crippen LogP contribution in [0.4, 0.5) is 15.8 Å². The molecule has 2 aromatic carbocycles. The van der Waals surface area contributed by atoms with E-state index in [1.165, 1.54) is 19.2 Å². The first kappa shape index (κ1) is 14.6. The molecule has 0 radical (unpaired) electrons. The number of nitrogens with one attached hydrogen (secondary N) is 1. The SMILES string of the molecule is COc1ccc(OCC(=O)Nc2ccccc2F)cc1N. The number of methoxy groups -OCH3 is 1. The number of hydrogen-bond acceptors (Lipinski definition) is 4. The molecule has 21 heavy (non-hydrogen) atoms. The van der Waals surface area contributed by atoms with E-state index in [4.69, 9.17) is 15.2 Å². The van der Waals surface area contributed by atoms with Crippen LogP contribution in [0.25, 0.3) is 0 Å². The summed E-state index contributed by atoms with van der Waals surface area (Å²) in [6.45, 7) is -0.250. The van der Waals surface area contributed by atoms with Gasteiger partial charge in [-0.15, -0.1) is 0 Å². The van der Waals surface area contributed by atoms with Crippen molar-refractivity contribution in [2.24, 2.45) is 0 Å². The van der Waals surface area contributed by atoms with Crippen LogP contribution in [0.1, 0.15) is 0 Å². The van der Waals surface area contributed by atoms with Gasteiger partial charge in [-0.25, -0.2) is 4.39 Å². The monoisotopic (exact) mass is 290 g/mol. The van der Waals surface area contributed by atoms with Crippen molar-refractivity contribution < 1.29 is 18.7 Å². The van der Waals surface area contributed by atoms with Gasteiger partial charge in [-0.1, -0.05) is 12.1 Å². The maximum atomic E-state index is 13.4. The molecular weight excluding hydrogens is 275 g/mol. The second-order valence-corrected chi connectivity index (χ2v) is 4.22. The number of amides is 1. The molecule has 6 heteroatoms. The van der Waals surface area contributed by atoms with Gasteiger partial charge in [0.1, 0.15) is 17.3 Å². The minimum absolute atomic E-state index is 0.111. The van der Waals surface area contributed by atoms with Gasteiger partial charge >= 0.3 is 0 Å². The van der Waals surface area contributed by atoms with Crippen LogP contribution < -0.4 is 20.5 Å². The lowest BCUT2D eigenvalue weighted by Gasteiger charge is -2.10. The molecule has 1 amide bonds. The Morgan fingerprint density at radius 2 is 2.05 bits per heavy atom. The summed E-state index contributed by atoms with van der Waals surface area (Å²) in [5, 5.41) is 2.42. The minimum Gasteiger partial charge on any atom is -0.495 e. The van der Waals surface area contributed by atoms with E-state index in [2.05, 4.69) is 5.32 Å². The number of nitrogens with two attached hydrogens (primary N) is 1.